The third-order valence-electron chi connectivity index (χ3n) is 8.54. The standard InChI is InChI=1S/C39H25N3/c1-3-11-26(12-4-1)35-25-40-39(33-17-8-7-15-31(33)35)42-36-18-10-9-16-32(36)34-22-28-21-27-19-20-41(30-13-5-2-6-14-30)37(27)23-29(28)24-38(34)42/h1-25H. The predicted octanol–water partition coefficient (Wildman–Crippen LogP) is 10.1. The topological polar surface area (TPSA) is 22.8 Å². The zero-order valence-corrected chi connectivity index (χ0v) is 22.8. The highest BCUT2D eigenvalue weighted by molar-refractivity contribution is 6.16. The summed E-state index contributed by atoms with van der Waals surface area (Å²) in [6, 6.07) is 49.9. The van der Waals surface area contributed by atoms with Gasteiger partial charge in [0.15, 0.2) is 0 Å². The van der Waals surface area contributed by atoms with Gasteiger partial charge in [0.25, 0.3) is 0 Å². The van der Waals surface area contributed by atoms with Gasteiger partial charge in [0.1, 0.15) is 5.82 Å². The zero-order chi connectivity index (χ0) is 27.6. The second-order valence-electron chi connectivity index (χ2n) is 10.9. The van der Waals surface area contributed by atoms with Crippen molar-refractivity contribution < 1.29 is 0 Å². The number of fused-ring (bicyclic) bond motifs is 6. The van der Waals surface area contributed by atoms with E-state index < -0.39 is 0 Å². The third-order valence-corrected chi connectivity index (χ3v) is 8.54. The Morgan fingerprint density at radius 1 is 0.452 bits per heavy atom. The fourth-order valence-corrected chi connectivity index (χ4v) is 6.59. The van der Waals surface area contributed by atoms with Gasteiger partial charge in [0.05, 0.1) is 16.6 Å². The van der Waals surface area contributed by atoms with Crippen LogP contribution in [-0.4, -0.2) is 14.1 Å². The van der Waals surface area contributed by atoms with Crippen LogP contribution in [0.4, 0.5) is 0 Å². The monoisotopic (exact) mass is 535 g/mol. The van der Waals surface area contributed by atoms with Gasteiger partial charge in [0, 0.05) is 45.2 Å². The zero-order valence-electron chi connectivity index (χ0n) is 22.8. The number of para-hydroxylation sites is 2. The van der Waals surface area contributed by atoms with E-state index in [0.29, 0.717) is 0 Å². The van der Waals surface area contributed by atoms with E-state index >= 15 is 0 Å². The van der Waals surface area contributed by atoms with Gasteiger partial charge in [-0.15, -0.1) is 0 Å². The minimum Gasteiger partial charge on any atom is -0.317 e. The van der Waals surface area contributed by atoms with Crippen LogP contribution < -0.4 is 0 Å². The Hall–Kier alpha value is -5.67. The smallest absolute Gasteiger partial charge is 0.145 e. The normalized spacial score (nSPS) is 11.8. The molecule has 0 radical (unpaired) electrons. The van der Waals surface area contributed by atoms with E-state index in [1.165, 1.54) is 43.4 Å². The van der Waals surface area contributed by atoms with E-state index in [4.69, 9.17) is 4.98 Å². The van der Waals surface area contributed by atoms with E-state index in [9.17, 15) is 0 Å². The highest BCUT2D eigenvalue weighted by atomic mass is 15.1. The van der Waals surface area contributed by atoms with E-state index in [-0.39, 0.29) is 0 Å². The maximum Gasteiger partial charge on any atom is 0.145 e. The molecular formula is C39H25N3. The summed E-state index contributed by atoms with van der Waals surface area (Å²) in [7, 11) is 0. The predicted molar refractivity (Wildman–Crippen MR) is 176 cm³/mol. The van der Waals surface area contributed by atoms with Crippen molar-refractivity contribution in [2.24, 2.45) is 0 Å². The maximum absolute atomic E-state index is 5.16. The van der Waals surface area contributed by atoms with Crippen molar-refractivity contribution in [3.63, 3.8) is 0 Å². The van der Waals surface area contributed by atoms with E-state index in [0.717, 1.165) is 33.5 Å². The lowest BCUT2D eigenvalue weighted by molar-refractivity contribution is 1.10. The molecule has 3 heterocycles. The van der Waals surface area contributed by atoms with Crippen LogP contribution in [0.25, 0.3) is 76.9 Å². The van der Waals surface area contributed by atoms with Crippen LogP contribution in [0.3, 0.4) is 0 Å². The van der Waals surface area contributed by atoms with Gasteiger partial charge >= 0.3 is 0 Å². The van der Waals surface area contributed by atoms with Crippen molar-refractivity contribution in [1.29, 1.82) is 0 Å². The average Bonchev–Trinajstić information content (AvgIpc) is 3.61. The van der Waals surface area contributed by atoms with Crippen LogP contribution in [-0.2, 0) is 0 Å². The summed E-state index contributed by atoms with van der Waals surface area (Å²) in [6.07, 6.45) is 4.20. The first kappa shape index (κ1) is 23.1. The molecular weight excluding hydrogens is 510 g/mol. The third kappa shape index (κ3) is 3.37. The number of aromatic nitrogens is 3. The second kappa shape index (κ2) is 8.92. The first-order valence-corrected chi connectivity index (χ1v) is 14.3. The molecule has 0 aliphatic heterocycles. The van der Waals surface area contributed by atoms with Gasteiger partial charge in [-0.25, -0.2) is 4.98 Å². The van der Waals surface area contributed by atoms with Gasteiger partial charge < -0.3 is 4.57 Å². The fourth-order valence-electron chi connectivity index (χ4n) is 6.59. The molecule has 0 atom stereocenters. The molecule has 3 heteroatoms. The van der Waals surface area contributed by atoms with Crippen LogP contribution in [0, 0.1) is 0 Å². The molecule has 0 amide bonds. The molecule has 42 heavy (non-hydrogen) atoms. The highest BCUT2D eigenvalue weighted by Crippen LogP contribution is 2.39. The average molecular weight is 536 g/mol. The Kier molecular flexibility index (Phi) is 4.90. The molecule has 9 rings (SSSR count). The quantitative estimate of drug-likeness (QED) is 0.221. The number of hydrogen-bond donors (Lipinski definition) is 0. The lowest BCUT2D eigenvalue weighted by Gasteiger charge is -2.14. The summed E-state index contributed by atoms with van der Waals surface area (Å²) in [5, 5.41) is 8.48. The molecule has 3 nitrogen and oxygen atoms in total. The largest absolute Gasteiger partial charge is 0.317 e. The Balaban J connectivity index is 1.35. The Bertz CT molecular complexity index is 2450. The van der Waals surface area contributed by atoms with Crippen LogP contribution in [0.2, 0.25) is 0 Å². The molecule has 6 aromatic carbocycles. The lowest BCUT2D eigenvalue weighted by atomic mass is 10.0. The summed E-state index contributed by atoms with van der Waals surface area (Å²) in [5.41, 5.74) is 7.00. The number of benzene rings is 6. The first-order chi connectivity index (χ1) is 20.8. The van der Waals surface area contributed by atoms with Crippen LogP contribution in [0.1, 0.15) is 0 Å². The summed E-state index contributed by atoms with van der Waals surface area (Å²) in [5.74, 6) is 0.949. The molecule has 9 aromatic rings. The SMILES string of the molecule is c1ccc(-c2cnc(-n3c4ccccc4c4cc5cc6ccn(-c7ccccc7)c6cc5cc43)c3ccccc23)cc1. The number of rotatable bonds is 3. The molecule has 3 aromatic heterocycles. The van der Waals surface area contributed by atoms with Crippen molar-refractivity contribution in [2.75, 3.05) is 0 Å². The highest BCUT2D eigenvalue weighted by Gasteiger charge is 2.18. The molecule has 196 valence electrons. The van der Waals surface area contributed by atoms with Gasteiger partial charge in [-0.3, -0.25) is 4.57 Å². The van der Waals surface area contributed by atoms with Gasteiger partial charge in [-0.2, -0.15) is 0 Å². The Morgan fingerprint density at radius 3 is 1.95 bits per heavy atom. The molecule has 0 N–H and O–H groups in total. The summed E-state index contributed by atoms with van der Waals surface area (Å²) < 4.78 is 4.62. The fraction of sp³-hybridized carbons (Fsp3) is 0. The Morgan fingerprint density at radius 2 is 1.12 bits per heavy atom. The first-order valence-electron chi connectivity index (χ1n) is 14.3. The van der Waals surface area contributed by atoms with Crippen LogP contribution in [0.15, 0.2) is 152 Å². The van der Waals surface area contributed by atoms with E-state index in [1.54, 1.807) is 0 Å². The number of hydrogen-bond acceptors (Lipinski definition) is 1. The molecule has 0 spiro atoms. The second-order valence-corrected chi connectivity index (χ2v) is 10.9. The molecule has 0 unspecified atom stereocenters. The molecule has 0 bridgehead atoms. The van der Waals surface area contributed by atoms with Gasteiger partial charge in [-0.05, 0) is 70.3 Å². The summed E-state index contributed by atoms with van der Waals surface area (Å²) >= 11 is 0. The van der Waals surface area contributed by atoms with E-state index in [2.05, 4.69) is 155 Å². The molecule has 0 saturated heterocycles. The van der Waals surface area contributed by atoms with Crippen molar-refractivity contribution in [3.05, 3.63) is 152 Å². The number of pyridine rings is 1. The molecule has 0 fully saturated rings. The molecule has 0 aliphatic rings. The van der Waals surface area contributed by atoms with Gasteiger partial charge in [-0.1, -0.05) is 91.0 Å². The molecule has 0 saturated carbocycles. The summed E-state index contributed by atoms with van der Waals surface area (Å²) in [4.78, 5) is 5.16. The van der Waals surface area contributed by atoms with Crippen molar-refractivity contribution in [3.8, 4) is 22.6 Å². The van der Waals surface area contributed by atoms with Gasteiger partial charge in [0.2, 0.25) is 0 Å². The van der Waals surface area contributed by atoms with Crippen molar-refractivity contribution in [1.82, 2.24) is 14.1 Å². The minimum atomic E-state index is 0.949. The maximum atomic E-state index is 5.16. The minimum absolute atomic E-state index is 0.949. The van der Waals surface area contributed by atoms with E-state index in [1.807, 2.05) is 6.20 Å². The number of nitrogens with zero attached hydrogens (tertiary/aromatic N) is 3. The van der Waals surface area contributed by atoms with Crippen LogP contribution in [0.5, 0.6) is 0 Å². The summed E-state index contributed by atoms with van der Waals surface area (Å²) in [6.45, 7) is 0. The molecule has 0 aliphatic carbocycles. The van der Waals surface area contributed by atoms with Crippen LogP contribution >= 0.6 is 0 Å². The lowest BCUT2D eigenvalue weighted by Crippen LogP contribution is -1.99. The van der Waals surface area contributed by atoms with Crippen molar-refractivity contribution >= 4 is 54.3 Å². The Labute approximate surface area is 242 Å². The van der Waals surface area contributed by atoms with Crippen molar-refractivity contribution in [2.45, 2.75) is 0 Å².